The van der Waals surface area contributed by atoms with Crippen LogP contribution in [0.4, 0.5) is 5.82 Å². The topological polar surface area (TPSA) is 126 Å². The van der Waals surface area contributed by atoms with Crippen molar-refractivity contribution in [2.75, 3.05) is 5.84 Å². The number of rotatable bonds is 2. The van der Waals surface area contributed by atoms with Crippen LogP contribution in [0.25, 0.3) is 11.4 Å². The molecule has 0 amide bonds. The number of aryl methyl sites for hydroxylation is 1. The van der Waals surface area contributed by atoms with E-state index in [4.69, 9.17) is 5.84 Å². The van der Waals surface area contributed by atoms with E-state index in [0.29, 0.717) is 16.2 Å². The fourth-order valence-electron chi connectivity index (χ4n) is 1.10. The summed E-state index contributed by atoms with van der Waals surface area (Å²) in [6.07, 6.45) is 0. The first-order chi connectivity index (χ1) is 7.09. The molecule has 78 valence electrons. The summed E-state index contributed by atoms with van der Waals surface area (Å²) in [6, 6.07) is 1.20. The van der Waals surface area contributed by atoms with E-state index >= 15 is 0 Å². The van der Waals surface area contributed by atoms with Crippen molar-refractivity contribution in [2.45, 2.75) is 6.92 Å². The van der Waals surface area contributed by atoms with Gasteiger partial charge >= 0.3 is 5.82 Å². The van der Waals surface area contributed by atoms with Crippen molar-refractivity contribution in [1.29, 1.82) is 0 Å². The molecule has 9 heteroatoms. The Bertz CT molecular complexity index is 515. The molecule has 0 atom stereocenters. The summed E-state index contributed by atoms with van der Waals surface area (Å²) < 4.78 is 4.45. The molecule has 0 fully saturated rings. The lowest BCUT2D eigenvalue weighted by molar-refractivity contribution is -0.391. The first kappa shape index (κ1) is 9.12. The lowest BCUT2D eigenvalue weighted by atomic mass is 10.2. The van der Waals surface area contributed by atoms with Crippen molar-refractivity contribution in [3.05, 3.63) is 21.9 Å². The van der Waals surface area contributed by atoms with Crippen LogP contribution < -0.4 is 5.84 Å². The van der Waals surface area contributed by atoms with Gasteiger partial charge in [0.1, 0.15) is 11.4 Å². The van der Waals surface area contributed by atoms with Crippen LogP contribution in [0.3, 0.4) is 0 Å². The third-order valence-corrected chi connectivity index (χ3v) is 1.80. The minimum absolute atomic E-state index is 0.253. The van der Waals surface area contributed by atoms with Gasteiger partial charge in [0, 0.05) is 0 Å². The number of hydrogen-bond donors (Lipinski definition) is 1. The van der Waals surface area contributed by atoms with E-state index in [1.807, 2.05) is 0 Å². The quantitative estimate of drug-likeness (QED) is 0.415. The third kappa shape index (κ3) is 1.39. The first-order valence-corrected chi connectivity index (χ1v) is 3.88. The van der Waals surface area contributed by atoms with Crippen LogP contribution in [0.2, 0.25) is 0 Å². The molecule has 0 aliphatic heterocycles. The Balaban J connectivity index is 2.52. The van der Waals surface area contributed by atoms with E-state index in [-0.39, 0.29) is 11.5 Å². The summed E-state index contributed by atoms with van der Waals surface area (Å²) >= 11 is 0. The largest absolute Gasteiger partial charge is 0.369 e. The Morgan fingerprint density at radius 1 is 1.60 bits per heavy atom. The number of nitrogens with zero attached hydrogens (tertiary/aromatic N) is 5. The number of aromatic nitrogens is 4. The lowest BCUT2D eigenvalue weighted by Crippen LogP contribution is -2.12. The van der Waals surface area contributed by atoms with Crippen LogP contribution >= 0.6 is 0 Å². The van der Waals surface area contributed by atoms with Crippen LogP contribution in [0.5, 0.6) is 0 Å². The van der Waals surface area contributed by atoms with Crippen molar-refractivity contribution in [3.8, 4) is 11.4 Å². The fraction of sp³-hybridized carbons (Fsp3) is 0.167. The highest BCUT2D eigenvalue weighted by Crippen LogP contribution is 2.21. The molecule has 2 rings (SSSR count). The van der Waals surface area contributed by atoms with Gasteiger partial charge < -0.3 is 10.1 Å². The highest BCUT2D eigenvalue weighted by atomic mass is 16.6. The lowest BCUT2D eigenvalue weighted by Gasteiger charge is -1.88. The number of nitro groups is 1. The molecule has 0 radical (unpaired) electrons. The van der Waals surface area contributed by atoms with Gasteiger partial charge in [-0.3, -0.25) is 0 Å². The zero-order chi connectivity index (χ0) is 11.0. The maximum Gasteiger partial charge on any atom is 0.369 e. The molecule has 2 heterocycles. The second-order valence-corrected chi connectivity index (χ2v) is 2.79. The maximum atomic E-state index is 10.5. The average Bonchev–Trinajstić information content (AvgIpc) is 2.71. The Labute approximate surface area is 82.6 Å². The van der Waals surface area contributed by atoms with Crippen LogP contribution in [0.15, 0.2) is 10.7 Å². The highest BCUT2D eigenvalue weighted by Gasteiger charge is 2.21. The Kier molecular flexibility index (Phi) is 1.85. The summed E-state index contributed by atoms with van der Waals surface area (Å²) in [5.41, 5.74) is 1.08. The molecule has 9 nitrogen and oxygen atoms in total. The monoisotopic (exact) mass is 210 g/mol. The molecular weight excluding hydrogens is 204 g/mol. The number of hydrogen-bond acceptors (Lipinski definition) is 7. The van der Waals surface area contributed by atoms with E-state index < -0.39 is 4.92 Å². The zero-order valence-electron chi connectivity index (χ0n) is 7.62. The molecule has 0 saturated carbocycles. The second kappa shape index (κ2) is 3.04. The molecule has 2 aromatic heterocycles. The molecule has 15 heavy (non-hydrogen) atoms. The smallest absolute Gasteiger partial charge is 0.358 e. The normalized spacial score (nSPS) is 10.5. The Hall–Kier alpha value is -2.45. The third-order valence-electron chi connectivity index (χ3n) is 1.80. The van der Waals surface area contributed by atoms with Gasteiger partial charge in [-0.05, 0) is 21.8 Å². The van der Waals surface area contributed by atoms with E-state index in [1.54, 1.807) is 6.92 Å². The molecule has 0 saturated heterocycles. The summed E-state index contributed by atoms with van der Waals surface area (Å²) in [4.78, 5) is 10.5. The average molecular weight is 210 g/mol. The van der Waals surface area contributed by atoms with Gasteiger partial charge in [-0.15, -0.1) is 0 Å². The van der Waals surface area contributed by atoms with Crippen molar-refractivity contribution in [2.24, 2.45) is 0 Å². The van der Waals surface area contributed by atoms with Crippen LogP contribution in [-0.4, -0.2) is 25.1 Å². The van der Waals surface area contributed by atoms with Gasteiger partial charge in [0.25, 0.3) is 0 Å². The van der Waals surface area contributed by atoms with E-state index in [2.05, 4.69) is 20.0 Å². The minimum Gasteiger partial charge on any atom is -0.358 e. The first-order valence-electron chi connectivity index (χ1n) is 3.88. The highest BCUT2D eigenvalue weighted by molar-refractivity contribution is 5.58. The van der Waals surface area contributed by atoms with Crippen LogP contribution in [0, 0.1) is 17.0 Å². The van der Waals surface area contributed by atoms with Gasteiger partial charge in [-0.25, -0.2) is 10.5 Å². The molecule has 2 N–H and O–H groups in total. The molecule has 0 bridgehead atoms. The number of nitrogens with two attached hydrogens (primary N) is 1. The Morgan fingerprint density at radius 3 is 2.80 bits per heavy atom. The molecule has 0 aromatic carbocycles. The predicted molar refractivity (Wildman–Crippen MR) is 47.1 cm³/mol. The maximum absolute atomic E-state index is 10.5. The van der Waals surface area contributed by atoms with Crippen LogP contribution in [0.1, 0.15) is 5.69 Å². The summed E-state index contributed by atoms with van der Waals surface area (Å²) in [5, 5.41) is 21.3. The van der Waals surface area contributed by atoms with Gasteiger partial charge in [0.15, 0.2) is 5.69 Å². The van der Waals surface area contributed by atoms with Crippen molar-refractivity contribution in [3.63, 3.8) is 0 Å². The second-order valence-electron chi connectivity index (χ2n) is 2.79. The van der Waals surface area contributed by atoms with Crippen molar-refractivity contribution in [1.82, 2.24) is 20.2 Å². The fourth-order valence-corrected chi connectivity index (χ4v) is 1.10. The summed E-state index contributed by atoms with van der Waals surface area (Å²) in [7, 11) is 0. The van der Waals surface area contributed by atoms with E-state index in [0.717, 1.165) is 0 Å². The standard InChI is InChI=1S/C6H6N6O3/c1-3-6(10-15-9-3)4-2-5(12(13)14)11(7)8-4/h2H,7H2,1H3. The van der Waals surface area contributed by atoms with Crippen molar-refractivity contribution < 1.29 is 9.55 Å². The van der Waals surface area contributed by atoms with Gasteiger partial charge in [0.05, 0.1) is 6.07 Å². The molecule has 0 unspecified atom stereocenters. The molecule has 2 aromatic rings. The minimum atomic E-state index is -0.640. The van der Waals surface area contributed by atoms with Crippen LogP contribution in [-0.2, 0) is 0 Å². The predicted octanol–water partition coefficient (Wildman–Crippen LogP) is -0.136. The molecular formula is C6H6N6O3. The van der Waals surface area contributed by atoms with Gasteiger partial charge in [-0.2, -0.15) is 0 Å². The van der Waals surface area contributed by atoms with E-state index in [9.17, 15) is 10.1 Å². The SMILES string of the molecule is Cc1nonc1-c1cc([N+](=O)[O-])n(N)n1. The summed E-state index contributed by atoms with van der Waals surface area (Å²) in [5.74, 6) is 4.96. The summed E-state index contributed by atoms with van der Waals surface area (Å²) in [6.45, 7) is 1.65. The number of nitrogen functional groups attached to an aromatic ring is 1. The van der Waals surface area contributed by atoms with Gasteiger partial charge in [-0.1, -0.05) is 10.3 Å². The molecule has 0 spiro atoms. The zero-order valence-corrected chi connectivity index (χ0v) is 7.62. The molecule has 0 aliphatic carbocycles. The van der Waals surface area contributed by atoms with E-state index in [1.165, 1.54) is 6.07 Å². The van der Waals surface area contributed by atoms with Crippen molar-refractivity contribution >= 4 is 5.82 Å². The Morgan fingerprint density at radius 2 is 2.33 bits per heavy atom. The molecule has 0 aliphatic rings. The van der Waals surface area contributed by atoms with Gasteiger partial charge in [0.2, 0.25) is 0 Å².